The fourth-order valence-corrected chi connectivity index (χ4v) is 15.7. The zero-order chi connectivity index (χ0) is 42.2. The smallest absolute Gasteiger partial charge is 0.179 e. The first kappa shape index (κ1) is 36.7. The molecule has 4 heteroatoms. The lowest BCUT2D eigenvalue weighted by Crippen LogP contribution is -2.74. The van der Waals surface area contributed by atoms with Gasteiger partial charge in [-0.1, -0.05) is 170 Å². The van der Waals surface area contributed by atoms with Crippen LogP contribution < -0.4 is 20.7 Å². The van der Waals surface area contributed by atoms with Crippen molar-refractivity contribution < 1.29 is 4.42 Å². The van der Waals surface area contributed by atoms with Gasteiger partial charge in [-0.2, -0.15) is 0 Å². The summed E-state index contributed by atoms with van der Waals surface area (Å²) < 4.78 is 11.4. The highest BCUT2D eigenvalue weighted by Gasteiger charge is 2.41. The summed E-state index contributed by atoms with van der Waals surface area (Å²) in [4.78, 5) is 0. The number of hydrogen-bond acceptors (Lipinski definition) is 1. The molecule has 0 saturated carbocycles. The Labute approximate surface area is 372 Å². The Morgan fingerprint density at radius 3 is 1.59 bits per heavy atom. The zero-order valence-corrected chi connectivity index (χ0v) is 36.2. The molecule has 0 fully saturated rings. The van der Waals surface area contributed by atoms with Gasteiger partial charge in [0.05, 0.1) is 21.9 Å². The van der Waals surface area contributed by atoms with E-state index in [1.165, 1.54) is 81.5 Å². The maximum absolute atomic E-state index is 6.44. The second-order valence-corrected chi connectivity index (χ2v) is 20.9. The van der Waals surface area contributed by atoms with Crippen molar-refractivity contribution in [3.8, 4) is 11.4 Å². The van der Waals surface area contributed by atoms with Gasteiger partial charge in [0.2, 0.25) is 0 Å². The molecule has 0 radical (unpaired) electrons. The normalized spacial score (nSPS) is 13.0. The van der Waals surface area contributed by atoms with E-state index in [0.29, 0.717) is 0 Å². The van der Waals surface area contributed by atoms with Crippen molar-refractivity contribution in [3.63, 3.8) is 0 Å². The van der Waals surface area contributed by atoms with Gasteiger partial charge < -0.3 is 13.6 Å². The molecule has 0 amide bonds. The van der Waals surface area contributed by atoms with Gasteiger partial charge >= 0.3 is 0 Å². The van der Waals surface area contributed by atoms with Crippen LogP contribution in [0.2, 0.25) is 0 Å². The second kappa shape index (κ2) is 14.6. The summed E-state index contributed by atoms with van der Waals surface area (Å²) in [6, 6.07) is 82.9. The first-order valence-corrected chi connectivity index (χ1v) is 24.3. The number of fused-ring (bicyclic) bond motifs is 10. The third kappa shape index (κ3) is 5.46. The van der Waals surface area contributed by atoms with Crippen molar-refractivity contribution in [1.82, 2.24) is 9.13 Å². The molecule has 3 nitrogen and oxygen atoms in total. The van der Waals surface area contributed by atoms with Crippen LogP contribution in [0.1, 0.15) is 23.2 Å². The van der Waals surface area contributed by atoms with E-state index in [1.54, 1.807) is 0 Å². The lowest BCUT2D eigenvalue weighted by atomic mass is 9.91. The van der Waals surface area contributed by atoms with Crippen LogP contribution >= 0.6 is 0 Å². The molecule has 0 aliphatic heterocycles. The molecule has 13 rings (SSSR count). The van der Waals surface area contributed by atoms with Crippen molar-refractivity contribution >= 4 is 95.1 Å². The van der Waals surface area contributed by atoms with Crippen LogP contribution in [0, 0.1) is 0 Å². The molecule has 0 atom stereocenters. The SMILES string of the molecule is C1=C(c2ccc([Si](c3ccccc3)(c3ccccc3)c3ccc(-n4c5ccccc5c5ccc6oc7ccccc7c6c54)cc3)cc2)CCc2c1c1ccccc1n2-c1ccccc1. The van der Waals surface area contributed by atoms with Crippen LogP contribution in [0.3, 0.4) is 0 Å². The molecular weight excluding hydrogens is 793 g/mol. The molecule has 12 aromatic rings. The number of rotatable bonds is 7. The van der Waals surface area contributed by atoms with Crippen LogP contribution in [-0.4, -0.2) is 17.2 Å². The van der Waals surface area contributed by atoms with E-state index in [9.17, 15) is 0 Å². The molecule has 1 aliphatic carbocycles. The van der Waals surface area contributed by atoms with Gasteiger partial charge in [-0.05, 0) is 105 Å². The number of benzene rings is 9. The predicted molar refractivity (Wildman–Crippen MR) is 271 cm³/mol. The molecule has 0 spiro atoms. The summed E-state index contributed by atoms with van der Waals surface area (Å²) in [5, 5.41) is 11.5. The summed E-state index contributed by atoms with van der Waals surface area (Å²) in [5.74, 6) is 0. The monoisotopic (exact) mass is 834 g/mol. The van der Waals surface area contributed by atoms with E-state index in [0.717, 1.165) is 40.5 Å². The molecule has 1 aliphatic rings. The van der Waals surface area contributed by atoms with Crippen molar-refractivity contribution in [1.29, 1.82) is 0 Å². The van der Waals surface area contributed by atoms with Crippen LogP contribution in [0.15, 0.2) is 229 Å². The van der Waals surface area contributed by atoms with E-state index in [-0.39, 0.29) is 0 Å². The summed E-state index contributed by atoms with van der Waals surface area (Å²) in [6.45, 7) is 0. The molecule has 3 aromatic heterocycles. The molecule has 302 valence electrons. The predicted octanol–water partition coefficient (Wildman–Crippen LogP) is 12.5. The van der Waals surface area contributed by atoms with Crippen molar-refractivity contribution in [2.45, 2.75) is 12.8 Å². The first-order valence-electron chi connectivity index (χ1n) is 22.3. The van der Waals surface area contributed by atoms with Crippen molar-refractivity contribution in [2.75, 3.05) is 0 Å². The number of allylic oxidation sites excluding steroid dienone is 1. The minimum absolute atomic E-state index is 0.903. The lowest BCUT2D eigenvalue weighted by Gasteiger charge is -2.34. The third-order valence-electron chi connectivity index (χ3n) is 13.8. The van der Waals surface area contributed by atoms with Gasteiger partial charge in [-0.25, -0.2) is 0 Å². The summed E-state index contributed by atoms with van der Waals surface area (Å²) in [5.41, 5.74) is 13.2. The maximum atomic E-state index is 6.44. The number of nitrogens with zero attached hydrogens (tertiary/aromatic N) is 2. The highest BCUT2D eigenvalue weighted by molar-refractivity contribution is 7.19. The Balaban J connectivity index is 0.975. The number of para-hydroxylation sites is 4. The summed E-state index contributed by atoms with van der Waals surface area (Å²) in [7, 11) is -2.83. The molecule has 3 heterocycles. The largest absolute Gasteiger partial charge is 0.456 e. The Bertz CT molecular complexity index is 3710. The molecule has 0 bridgehead atoms. The Morgan fingerprint density at radius 1 is 0.375 bits per heavy atom. The van der Waals surface area contributed by atoms with Gasteiger partial charge in [0.15, 0.2) is 8.07 Å². The minimum atomic E-state index is -2.83. The van der Waals surface area contributed by atoms with E-state index >= 15 is 0 Å². The van der Waals surface area contributed by atoms with Crippen molar-refractivity contribution in [2.24, 2.45) is 0 Å². The highest BCUT2D eigenvalue weighted by atomic mass is 28.3. The molecule has 0 N–H and O–H groups in total. The number of hydrogen-bond donors (Lipinski definition) is 0. The highest BCUT2D eigenvalue weighted by Crippen LogP contribution is 2.41. The summed E-state index contributed by atoms with van der Waals surface area (Å²) in [6.07, 6.45) is 4.43. The lowest BCUT2D eigenvalue weighted by molar-refractivity contribution is 0.669. The van der Waals surface area contributed by atoms with Crippen LogP contribution in [0.5, 0.6) is 0 Å². The van der Waals surface area contributed by atoms with Crippen LogP contribution in [0.4, 0.5) is 0 Å². The quantitative estimate of drug-likeness (QED) is 0.116. The first-order chi connectivity index (χ1) is 31.8. The minimum Gasteiger partial charge on any atom is -0.456 e. The van der Waals surface area contributed by atoms with Gasteiger partial charge in [0.25, 0.3) is 0 Å². The Morgan fingerprint density at radius 2 is 0.906 bits per heavy atom. The van der Waals surface area contributed by atoms with E-state index in [4.69, 9.17) is 4.42 Å². The number of aromatic nitrogens is 2. The summed E-state index contributed by atoms with van der Waals surface area (Å²) >= 11 is 0. The average Bonchev–Trinajstić information content (AvgIpc) is 4.03. The average molecular weight is 835 g/mol. The van der Waals surface area contributed by atoms with Crippen LogP contribution in [0.25, 0.3) is 77.7 Å². The van der Waals surface area contributed by atoms with E-state index in [2.05, 4.69) is 234 Å². The zero-order valence-electron chi connectivity index (χ0n) is 35.2. The second-order valence-electron chi connectivity index (χ2n) is 17.1. The molecular formula is C60H42N2OSi. The van der Waals surface area contributed by atoms with Gasteiger partial charge in [-0.3, -0.25) is 0 Å². The molecule has 9 aromatic carbocycles. The van der Waals surface area contributed by atoms with E-state index in [1.807, 2.05) is 6.07 Å². The number of furan rings is 1. The van der Waals surface area contributed by atoms with Gasteiger partial charge in [0.1, 0.15) is 11.2 Å². The van der Waals surface area contributed by atoms with Gasteiger partial charge in [0, 0.05) is 44.2 Å². The molecule has 0 saturated heterocycles. The van der Waals surface area contributed by atoms with Gasteiger partial charge in [-0.15, -0.1) is 0 Å². The van der Waals surface area contributed by atoms with E-state index < -0.39 is 8.07 Å². The van der Waals surface area contributed by atoms with Crippen LogP contribution in [-0.2, 0) is 6.42 Å². The third-order valence-corrected chi connectivity index (χ3v) is 18.6. The Hall–Kier alpha value is -7.92. The maximum Gasteiger partial charge on any atom is 0.179 e. The standard InChI is InChI=1S/C60H42N2OSi/c1-4-16-43(17-5-1)61-54-25-13-11-23-50(54)53-40-42(30-38-56(53)61)41-28-33-47(34-29-41)64(45-18-6-2-7-19-45,46-20-8-3-9-21-46)48-35-31-44(32-36-48)62-55-26-14-10-22-49(55)51-37-39-58-59(60(51)62)52-24-12-15-27-57(52)63-58/h1-29,31-37,39-40H,30,38H2. The molecule has 0 unspecified atom stereocenters. The van der Waals surface area contributed by atoms with Crippen molar-refractivity contribution in [3.05, 3.63) is 241 Å². The fourth-order valence-electron chi connectivity index (χ4n) is 11.0. The topological polar surface area (TPSA) is 23.0 Å². The fraction of sp³-hybridized carbons (Fsp3) is 0.0333. The molecule has 64 heavy (non-hydrogen) atoms. The Kier molecular flexibility index (Phi) is 8.37.